The molecule has 0 bridgehead atoms. The molecule has 1 fully saturated rings. The van der Waals surface area contributed by atoms with Crippen molar-refractivity contribution in [2.24, 2.45) is 0 Å². The number of hydrogen-bond acceptors (Lipinski definition) is 4. The summed E-state index contributed by atoms with van der Waals surface area (Å²) in [6.45, 7) is 2.07. The van der Waals surface area contributed by atoms with Crippen LogP contribution >= 0.6 is 15.9 Å². The zero-order chi connectivity index (χ0) is 15.4. The molecule has 1 aliphatic rings. The van der Waals surface area contributed by atoms with Gasteiger partial charge in [0.2, 0.25) is 5.95 Å². The summed E-state index contributed by atoms with van der Waals surface area (Å²) in [4.78, 5) is 8.88. The Morgan fingerprint density at radius 1 is 1.14 bits per heavy atom. The highest BCUT2D eigenvalue weighted by Crippen LogP contribution is 2.23. The molecule has 2 N–H and O–H groups in total. The lowest BCUT2D eigenvalue weighted by molar-refractivity contribution is 0.462. The Balaban J connectivity index is 1.68. The van der Waals surface area contributed by atoms with Gasteiger partial charge < -0.3 is 10.6 Å². The second-order valence-electron chi connectivity index (χ2n) is 5.83. The molecule has 1 saturated carbocycles. The fraction of sp³-hybridized carbons (Fsp3) is 0.412. The summed E-state index contributed by atoms with van der Waals surface area (Å²) >= 11 is 3.51. The molecular weight excluding hydrogens is 340 g/mol. The van der Waals surface area contributed by atoms with Crippen LogP contribution in [0.4, 0.5) is 17.5 Å². The van der Waals surface area contributed by atoms with E-state index in [1.807, 2.05) is 18.2 Å². The van der Waals surface area contributed by atoms with E-state index in [0.717, 1.165) is 16.0 Å². The van der Waals surface area contributed by atoms with Crippen LogP contribution in [0.5, 0.6) is 0 Å². The van der Waals surface area contributed by atoms with Crippen LogP contribution in [0.15, 0.2) is 34.9 Å². The van der Waals surface area contributed by atoms with Crippen LogP contribution in [0, 0.1) is 6.92 Å². The third-order valence-electron chi connectivity index (χ3n) is 4.03. The second-order valence-corrected chi connectivity index (χ2v) is 6.69. The molecule has 22 heavy (non-hydrogen) atoms. The summed E-state index contributed by atoms with van der Waals surface area (Å²) in [7, 11) is 0. The lowest BCUT2D eigenvalue weighted by Crippen LogP contribution is -2.22. The maximum Gasteiger partial charge on any atom is 0.229 e. The van der Waals surface area contributed by atoms with Crippen molar-refractivity contribution in [1.82, 2.24) is 9.97 Å². The van der Waals surface area contributed by atoms with E-state index < -0.39 is 0 Å². The van der Waals surface area contributed by atoms with E-state index in [9.17, 15) is 0 Å². The second kappa shape index (κ2) is 7.09. The molecule has 1 aliphatic carbocycles. The molecule has 0 unspecified atom stereocenters. The highest BCUT2D eigenvalue weighted by atomic mass is 79.9. The van der Waals surface area contributed by atoms with Gasteiger partial charge in [0.1, 0.15) is 5.82 Å². The van der Waals surface area contributed by atoms with Crippen LogP contribution in [-0.2, 0) is 0 Å². The Labute approximate surface area is 139 Å². The standard InChI is InChI=1S/C17H21BrN4/c1-12-11-14(7-8-15(12)18)21-17-19-10-9-16(22-17)20-13-5-3-2-4-6-13/h7-11,13H,2-6H2,1H3,(H2,19,20,21,22). The number of nitrogens with one attached hydrogen (secondary N) is 2. The van der Waals surface area contributed by atoms with Crippen molar-refractivity contribution in [3.05, 3.63) is 40.5 Å². The van der Waals surface area contributed by atoms with E-state index in [2.05, 4.69) is 49.5 Å². The molecule has 116 valence electrons. The van der Waals surface area contributed by atoms with E-state index in [1.165, 1.54) is 37.7 Å². The first-order valence-electron chi connectivity index (χ1n) is 7.83. The number of halogens is 1. The number of nitrogens with zero attached hydrogens (tertiary/aromatic N) is 2. The SMILES string of the molecule is Cc1cc(Nc2nccc(NC3CCCCC3)n2)ccc1Br. The predicted octanol–water partition coefficient (Wildman–Crippen LogP) is 5.04. The van der Waals surface area contributed by atoms with Gasteiger partial charge >= 0.3 is 0 Å². The molecule has 2 aromatic rings. The predicted molar refractivity (Wildman–Crippen MR) is 94.7 cm³/mol. The van der Waals surface area contributed by atoms with Gasteiger partial charge in [-0.15, -0.1) is 0 Å². The van der Waals surface area contributed by atoms with Gasteiger partial charge in [-0.1, -0.05) is 35.2 Å². The lowest BCUT2D eigenvalue weighted by Gasteiger charge is -2.23. The van der Waals surface area contributed by atoms with Crippen LogP contribution in [0.2, 0.25) is 0 Å². The van der Waals surface area contributed by atoms with Crippen molar-refractivity contribution in [1.29, 1.82) is 0 Å². The molecule has 0 amide bonds. The normalized spacial score (nSPS) is 15.5. The van der Waals surface area contributed by atoms with Crippen LogP contribution in [0.1, 0.15) is 37.7 Å². The minimum absolute atomic E-state index is 0.548. The number of benzene rings is 1. The molecule has 0 spiro atoms. The monoisotopic (exact) mass is 360 g/mol. The maximum absolute atomic E-state index is 4.57. The Kier molecular flexibility index (Phi) is 4.93. The first-order valence-corrected chi connectivity index (χ1v) is 8.63. The van der Waals surface area contributed by atoms with Gasteiger partial charge in [0, 0.05) is 22.4 Å². The average molecular weight is 361 g/mol. The average Bonchev–Trinajstić information content (AvgIpc) is 2.52. The molecule has 1 aromatic heterocycles. The van der Waals surface area contributed by atoms with Crippen molar-refractivity contribution < 1.29 is 0 Å². The van der Waals surface area contributed by atoms with Gasteiger partial charge in [0.25, 0.3) is 0 Å². The molecule has 0 saturated heterocycles. The zero-order valence-corrected chi connectivity index (χ0v) is 14.4. The van der Waals surface area contributed by atoms with Crippen molar-refractivity contribution >= 4 is 33.4 Å². The summed E-state index contributed by atoms with van der Waals surface area (Å²) in [6, 6.07) is 8.61. The number of rotatable bonds is 4. The summed E-state index contributed by atoms with van der Waals surface area (Å²) in [5.41, 5.74) is 2.18. The minimum Gasteiger partial charge on any atom is -0.367 e. The van der Waals surface area contributed by atoms with Crippen molar-refractivity contribution in [2.75, 3.05) is 10.6 Å². The highest BCUT2D eigenvalue weighted by Gasteiger charge is 2.13. The molecule has 3 rings (SSSR count). The quantitative estimate of drug-likeness (QED) is 0.801. The summed E-state index contributed by atoms with van der Waals surface area (Å²) in [5.74, 6) is 1.53. The van der Waals surface area contributed by atoms with Crippen LogP contribution in [-0.4, -0.2) is 16.0 Å². The molecule has 4 nitrogen and oxygen atoms in total. The minimum atomic E-state index is 0.548. The Morgan fingerprint density at radius 3 is 2.73 bits per heavy atom. The largest absolute Gasteiger partial charge is 0.367 e. The summed E-state index contributed by atoms with van der Waals surface area (Å²) in [5, 5.41) is 6.80. The first-order chi connectivity index (χ1) is 10.7. The summed E-state index contributed by atoms with van der Waals surface area (Å²) < 4.78 is 1.10. The number of anilines is 3. The number of hydrogen-bond donors (Lipinski definition) is 2. The molecule has 1 heterocycles. The van der Waals surface area contributed by atoms with Gasteiger partial charge in [-0.05, 0) is 49.6 Å². The van der Waals surface area contributed by atoms with E-state index in [-0.39, 0.29) is 0 Å². The van der Waals surface area contributed by atoms with Gasteiger partial charge in [-0.2, -0.15) is 4.98 Å². The van der Waals surface area contributed by atoms with Gasteiger partial charge in [-0.25, -0.2) is 4.98 Å². The number of aromatic nitrogens is 2. The molecule has 0 aliphatic heterocycles. The zero-order valence-electron chi connectivity index (χ0n) is 12.8. The van der Waals surface area contributed by atoms with E-state index in [4.69, 9.17) is 0 Å². The first kappa shape index (κ1) is 15.3. The fourth-order valence-corrected chi connectivity index (χ4v) is 3.05. The Bertz CT molecular complexity index is 638. The highest BCUT2D eigenvalue weighted by molar-refractivity contribution is 9.10. The topological polar surface area (TPSA) is 49.8 Å². The Hall–Kier alpha value is -1.62. The van der Waals surface area contributed by atoms with Crippen molar-refractivity contribution in [2.45, 2.75) is 45.1 Å². The maximum atomic E-state index is 4.57. The Morgan fingerprint density at radius 2 is 1.95 bits per heavy atom. The molecule has 0 radical (unpaired) electrons. The van der Waals surface area contributed by atoms with Crippen molar-refractivity contribution in [3.8, 4) is 0 Å². The van der Waals surface area contributed by atoms with Gasteiger partial charge in [0.15, 0.2) is 0 Å². The third kappa shape index (κ3) is 3.97. The van der Waals surface area contributed by atoms with E-state index in [1.54, 1.807) is 6.20 Å². The lowest BCUT2D eigenvalue weighted by atomic mass is 9.95. The molecule has 0 atom stereocenters. The van der Waals surface area contributed by atoms with Crippen LogP contribution in [0.3, 0.4) is 0 Å². The molecular formula is C17H21BrN4. The fourth-order valence-electron chi connectivity index (χ4n) is 2.81. The summed E-state index contributed by atoms with van der Waals surface area (Å²) in [6.07, 6.45) is 8.25. The van der Waals surface area contributed by atoms with Crippen LogP contribution in [0.25, 0.3) is 0 Å². The third-order valence-corrected chi connectivity index (χ3v) is 4.92. The van der Waals surface area contributed by atoms with Crippen molar-refractivity contribution in [3.63, 3.8) is 0 Å². The van der Waals surface area contributed by atoms with E-state index in [0.29, 0.717) is 12.0 Å². The molecule has 1 aromatic carbocycles. The van der Waals surface area contributed by atoms with Gasteiger partial charge in [0.05, 0.1) is 0 Å². The van der Waals surface area contributed by atoms with E-state index >= 15 is 0 Å². The number of aryl methyl sites for hydroxylation is 1. The van der Waals surface area contributed by atoms with Gasteiger partial charge in [-0.3, -0.25) is 0 Å². The smallest absolute Gasteiger partial charge is 0.229 e. The molecule has 5 heteroatoms. The van der Waals surface area contributed by atoms with Crippen LogP contribution < -0.4 is 10.6 Å².